The molecule has 0 aliphatic carbocycles. The van der Waals surface area contributed by atoms with Gasteiger partial charge in [-0.2, -0.15) is 0 Å². The van der Waals surface area contributed by atoms with Gasteiger partial charge in [0.1, 0.15) is 0 Å². The van der Waals surface area contributed by atoms with Crippen molar-refractivity contribution in [2.24, 2.45) is 0 Å². The van der Waals surface area contributed by atoms with E-state index in [4.69, 9.17) is 11.6 Å². The lowest BCUT2D eigenvalue weighted by Gasteiger charge is -2.29. The van der Waals surface area contributed by atoms with Crippen LogP contribution in [0.3, 0.4) is 0 Å². The molecule has 1 heterocycles. The lowest BCUT2D eigenvalue weighted by molar-refractivity contribution is 0.494. The molecule has 0 saturated carbocycles. The van der Waals surface area contributed by atoms with Crippen molar-refractivity contribution in [3.8, 4) is 0 Å². The number of halogens is 1. The van der Waals surface area contributed by atoms with Crippen LogP contribution in [0.2, 0.25) is 5.02 Å². The second-order valence-corrected chi connectivity index (χ2v) is 6.89. The van der Waals surface area contributed by atoms with Gasteiger partial charge in [-0.3, -0.25) is 0 Å². The number of rotatable bonds is 1. The van der Waals surface area contributed by atoms with Crippen LogP contribution in [0.25, 0.3) is 0 Å². The van der Waals surface area contributed by atoms with E-state index in [0.29, 0.717) is 16.3 Å². The number of hydrogen-bond acceptors (Lipinski definition) is 3. The lowest BCUT2D eigenvalue weighted by atomic mass is 10.0. The zero-order valence-electron chi connectivity index (χ0n) is 9.20. The zero-order chi connectivity index (χ0) is 11.9. The number of hydrogen-bond donors (Lipinski definition) is 1. The van der Waals surface area contributed by atoms with Gasteiger partial charge in [-0.25, -0.2) is 8.42 Å². The van der Waals surface area contributed by atoms with E-state index in [0.717, 1.165) is 5.56 Å². The normalized spacial score (nSPS) is 27.4. The van der Waals surface area contributed by atoms with Crippen LogP contribution in [0.5, 0.6) is 0 Å². The van der Waals surface area contributed by atoms with Crippen molar-refractivity contribution in [1.82, 2.24) is 5.32 Å². The predicted octanol–water partition coefficient (Wildman–Crippen LogP) is 2.17. The monoisotopic (exact) mass is 259 g/mol. The summed E-state index contributed by atoms with van der Waals surface area (Å²) in [6, 6.07) is 5.03. The smallest absolute Gasteiger partial charge is 0.181 e. The van der Waals surface area contributed by atoms with E-state index in [1.54, 1.807) is 25.1 Å². The summed E-state index contributed by atoms with van der Waals surface area (Å²) in [5, 5.41) is 3.36. The Morgan fingerprint density at radius 2 is 2.12 bits per heavy atom. The van der Waals surface area contributed by atoms with Crippen molar-refractivity contribution < 1.29 is 8.42 Å². The maximum atomic E-state index is 12.1. The third kappa shape index (κ3) is 1.75. The maximum absolute atomic E-state index is 12.1. The zero-order valence-corrected chi connectivity index (χ0v) is 10.8. The maximum Gasteiger partial charge on any atom is 0.181 e. The van der Waals surface area contributed by atoms with Crippen molar-refractivity contribution in [2.45, 2.75) is 29.5 Å². The van der Waals surface area contributed by atoms with E-state index in [1.807, 2.05) is 7.05 Å². The van der Waals surface area contributed by atoms with Crippen molar-refractivity contribution in [3.05, 3.63) is 28.8 Å². The summed E-state index contributed by atoms with van der Waals surface area (Å²) in [6.07, 6.45) is 0.589. The fourth-order valence-electron chi connectivity index (χ4n) is 2.13. The first-order valence-corrected chi connectivity index (χ1v) is 7.10. The minimum absolute atomic E-state index is 0.0622. The first-order valence-electron chi connectivity index (χ1n) is 5.17. The number of fused-ring (bicyclic) bond motifs is 1. The summed E-state index contributed by atoms with van der Waals surface area (Å²) in [5.74, 6) is 0. The van der Waals surface area contributed by atoms with Gasteiger partial charge in [0, 0.05) is 11.1 Å². The van der Waals surface area contributed by atoms with Gasteiger partial charge >= 0.3 is 0 Å². The molecule has 5 heteroatoms. The standard InChI is InChI=1S/C11H14ClNO2S/c1-7-5-10(13-2)9-6-8(12)3-4-11(9)16(7,14)15/h3-4,6-7,10,13H,5H2,1-2H3. The van der Waals surface area contributed by atoms with Gasteiger partial charge in [0.05, 0.1) is 10.1 Å². The second kappa shape index (κ2) is 4.02. The van der Waals surface area contributed by atoms with Gasteiger partial charge in [0.15, 0.2) is 9.84 Å². The van der Waals surface area contributed by atoms with Crippen molar-refractivity contribution in [3.63, 3.8) is 0 Å². The molecule has 1 aliphatic heterocycles. The quantitative estimate of drug-likeness (QED) is 0.841. The summed E-state index contributed by atoms with van der Waals surface area (Å²) < 4.78 is 24.2. The van der Waals surface area contributed by atoms with Crippen LogP contribution in [0.4, 0.5) is 0 Å². The van der Waals surface area contributed by atoms with Gasteiger partial charge in [0.2, 0.25) is 0 Å². The molecule has 2 atom stereocenters. The Labute approximate surface area is 101 Å². The van der Waals surface area contributed by atoms with E-state index in [1.165, 1.54) is 0 Å². The first kappa shape index (κ1) is 11.9. The highest BCUT2D eigenvalue weighted by Crippen LogP contribution is 2.37. The number of benzene rings is 1. The minimum Gasteiger partial charge on any atom is -0.313 e. The van der Waals surface area contributed by atoms with Gasteiger partial charge < -0.3 is 5.32 Å². The van der Waals surface area contributed by atoms with Crippen molar-refractivity contribution in [2.75, 3.05) is 7.05 Å². The van der Waals surface area contributed by atoms with E-state index in [2.05, 4.69) is 5.32 Å². The van der Waals surface area contributed by atoms with Gasteiger partial charge in [0.25, 0.3) is 0 Å². The molecule has 0 spiro atoms. The van der Waals surface area contributed by atoms with Crippen molar-refractivity contribution >= 4 is 21.4 Å². The van der Waals surface area contributed by atoms with E-state index in [9.17, 15) is 8.42 Å². The summed E-state index contributed by atoms with van der Waals surface area (Å²) >= 11 is 5.91. The van der Waals surface area contributed by atoms with Gasteiger partial charge in [-0.15, -0.1) is 0 Å². The van der Waals surface area contributed by atoms with Gasteiger partial charge in [-0.1, -0.05) is 11.6 Å². The summed E-state index contributed by atoms with van der Waals surface area (Å²) in [4.78, 5) is 0.412. The molecular formula is C11H14ClNO2S. The summed E-state index contributed by atoms with van der Waals surface area (Å²) in [5.41, 5.74) is 0.785. The van der Waals surface area contributed by atoms with Crippen molar-refractivity contribution in [1.29, 1.82) is 0 Å². The van der Waals surface area contributed by atoms with Crippen LogP contribution in [-0.2, 0) is 9.84 Å². The Hall–Kier alpha value is -0.580. The highest BCUT2D eigenvalue weighted by Gasteiger charge is 2.35. The fourth-order valence-corrected chi connectivity index (χ4v) is 3.97. The molecule has 1 aliphatic rings. The molecule has 16 heavy (non-hydrogen) atoms. The molecular weight excluding hydrogens is 246 g/mol. The third-order valence-electron chi connectivity index (χ3n) is 3.10. The summed E-state index contributed by atoms with van der Waals surface area (Å²) in [7, 11) is -1.35. The minimum atomic E-state index is -3.18. The fraction of sp³-hybridized carbons (Fsp3) is 0.455. The molecule has 0 amide bonds. The topological polar surface area (TPSA) is 46.2 Å². The van der Waals surface area contributed by atoms with Crippen LogP contribution < -0.4 is 5.32 Å². The van der Waals surface area contributed by atoms with E-state index < -0.39 is 9.84 Å². The van der Waals surface area contributed by atoms with Gasteiger partial charge in [-0.05, 0) is 44.2 Å². The Morgan fingerprint density at radius 3 is 2.75 bits per heavy atom. The molecule has 2 unspecified atom stereocenters. The Morgan fingerprint density at radius 1 is 1.44 bits per heavy atom. The van der Waals surface area contributed by atoms with Crippen LogP contribution in [-0.4, -0.2) is 20.7 Å². The Bertz CT molecular complexity index is 513. The average molecular weight is 260 g/mol. The van der Waals surface area contributed by atoms with Crippen LogP contribution in [0.15, 0.2) is 23.1 Å². The molecule has 1 N–H and O–H groups in total. The molecule has 88 valence electrons. The van der Waals surface area contributed by atoms with Crippen LogP contribution in [0, 0.1) is 0 Å². The second-order valence-electron chi connectivity index (χ2n) is 4.11. The lowest BCUT2D eigenvalue weighted by Crippen LogP contribution is -2.32. The molecule has 3 nitrogen and oxygen atoms in total. The molecule has 0 fully saturated rings. The highest BCUT2D eigenvalue weighted by molar-refractivity contribution is 7.92. The molecule has 0 saturated heterocycles. The molecule has 1 aromatic carbocycles. The molecule has 0 aromatic heterocycles. The molecule has 1 aromatic rings. The highest BCUT2D eigenvalue weighted by atomic mass is 35.5. The van der Waals surface area contributed by atoms with Crippen LogP contribution in [0.1, 0.15) is 24.9 Å². The molecule has 0 radical (unpaired) electrons. The summed E-state index contributed by atoms with van der Waals surface area (Å²) in [6.45, 7) is 1.75. The van der Waals surface area contributed by atoms with E-state index >= 15 is 0 Å². The molecule has 2 rings (SSSR count). The van der Waals surface area contributed by atoms with Crippen LogP contribution >= 0.6 is 11.6 Å². The Kier molecular flexibility index (Phi) is 2.99. The number of nitrogens with one attached hydrogen (secondary N) is 1. The predicted molar refractivity (Wildman–Crippen MR) is 64.5 cm³/mol. The SMILES string of the molecule is CNC1CC(C)S(=O)(=O)c2ccc(Cl)cc21. The number of sulfone groups is 1. The third-order valence-corrected chi connectivity index (χ3v) is 5.57. The largest absolute Gasteiger partial charge is 0.313 e. The Balaban J connectivity index is 2.67. The molecule has 0 bridgehead atoms. The first-order chi connectivity index (χ1) is 7.46. The van der Waals surface area contributed by atoms with E-state index in [-0.39, 0.29) is 11.3 Å². The average Bonchev–Trinajstić information content (AvgIpc) is 2.23.